The van der Waals surface area contributed by atoms with E-state index in [1.165, 1.54) is 13.0 Å². The molecule has 7 heteroatoms. The quantitative estimate of drug-likeness (QED) is 0.846. The lowest BCUT2D eigenvalue weighted by Gasteiger charge is -2.04. The molecule has 2 N–H and O–H groups in total. The molecule has 0 aliphatic heterocycles. The molecule has 104 valence electrons. The van der Waals surface area contributed by atoms with Crippen LogP contribution in [0.25, 0.3) is 0 Å². The van der Waals surface area contributed by atoms with Gasteiger partial charge in [-0.25, -0.2) is 14.2 Å². The molecule has 0 fully saturated rings. The van der Waals surface area contributed by atoms with Gasteiger partial charge in [-0.05, 0) is 24.6 Å². The van der Waals surface area contributed by atoms with Crippen LogP contribution in [0.5, 0.6) is 0 Å². The maximum atomic E-state index is 13.6. The Morgan fingerprint density at radius 2 is 2.10 bits per heavy atom. The molecule has 1 aromatic heterocycles. The maximum absolute atomic E-state index is 13.6. The number of carboxylic acid groups (broad SMARTS) is 1. The van der Waals surface area contributed by atoms with Crippen LogP contribution in [-0.4, -0.2) is 21.8 Å². The van der Waals surface area contributed by atoms with Crippen LogP contribution in [0.3, 0.4) is 0 Å². The monoisotopic (exact) mass is 294 g/mol. The van der Waals surface area contributed by atoms with Crippen molar-refractivity contribution in [3.8, 4) is 0 Å². The summed E-state index contributed by atoms with van der Waals surface area (Å²) in [6.45, 7) is 3.06. The third-order valence-electron chi connectivity index (χ3n) is 2.51. The second-order valence-corrected chi connectivity index (χ2v) is 5.17. The number of benzene rings is 1. The minimum absolute atomic E-state index is 0.0352. The first-order valence-corrected chi connectivity index (χ1v) is 6.48. The first-order valence-electron chi connectivity index (χ1n) is 5.66. The highest BCUT2D eigenvalue weighted by molar-refractivity contribution is 7.17. The van der Waals surface area contributed by atoms with Crippen molar-refractivity contribution in [2.24, 2.45) is 0 Å². The minimum atomic E-state index is -1.29. The van der Waals surface area contributed by atoms with Crippen molar-refractivity contribution in [3.05, 3.63) is 40.2 Å². The predicted octanol–water partition coefficient (Wildman–Crippen LogP) is 3.24. The summed E-state index contributed by atoms with van der Waals surface area (Å²) in [5.41, 5.74) is 0.708. The third kappa shape index (κ3) is 2.83. The molecular formula is C13H11FN2O3S. The number of hydrogen-bond donors (Lipinski definition) is 2. The van der Waals surface area contributed by atoms with Gasteiger partial charge < -0.3 is 10.4 Å². The van der Waals surface area contributed by atoms with Crippen LogP contribution in [0.15, 0.2) is 18.2 Å². The van der Waals surface area contributed by atoms with Crippen molar-refractivity contribution in [1.82, 2.24) is 4.98 Å². The average Bonchev–Trinajstić information content (AvgIpc) is 2.78. The number of halogens is 1. The summed E-state index contributed by atoms with van der Waals surface area (Å²) < 4.78 is 13.6. The number of ketones is 1. The van der Waals surface area contributed by atoms with Gasteiger partial charge >= 0.3 is 5.97 Å². The molecule has 0 aliphatic carbocycles. The highest BCUT2D eigenvalue weighted by Crippen LogP contribution is 2.28. The van der Waals surface area contributed by atoms with Gasteiger partial charge in [0, 0.05) is 6.92 Å². The minimum Gasteiger partial charge on any atom is -0.476 e. The summed E-state index contributed by atoms with van der Waals surface area (Å²) in [7, 11) is 0. The zero-order chi connectivity index (χ0) is 14.9. The number of aromatic nitrogens is 1. The summed E-state index contributed by atoms with van der Waals surface area (Å²) >= 11 is 0.886. The molecule has 1 aromatic carbocycles. The van der Waals surface area contributed by atoms with Crippen LogP contribution in [0.4, 0.5) is 15.2 Å². The Balaban J connectivity index is 2.39. The second-order valence-electron chi connectivity index (χ2n) is 4.17. The molecule has 1 heterocycles. The van der Waals surface area contributed by atoms with E-state index < -0.39 is 17.6 Å². The standard InChI is InChI=1S/C13H11FN2O3S/c1-6-3-4-8(14)9(5-6)15-13-16-10(12(18)19)11(20-13)7(2)17/h3-5H,1-2H3,(H,15,16)(H,18,19). The van der Waals surface area contributed by atoms with Crippen LogP contribution >= 0.6 is 11.3 Å². The summed E-state index contributed by atoms with van der Waals surface area (Å²) in [4.78, 5) is 26.2. The largest absolute Gasteiger partial charge is 0.476 e. The molecule has 0 atom stereocenters. The van der Waals surface area contributed by atoms with E-state index in [9.17, 15) is 14.0 Å². The Bertz CT molecular complexity index is 665. The molecule has 20 heavy (non-hydrogen) atoms. The van der Waals surface area contributed by atoms with Crippen molar-refractivity contribution in [3.63, 3.8) is 0 Å². The maximum Gasteiger partial charge on any atom is 0.356 e. The fourth-order valence-electron chi connectivity index (χ4n) is 1.61. The lowest BCUT2D eigenvalue weighted by atomic mass is 10.2. The third-order valence-corrected chi connectivity index (χ3v) is 3.58. The van der Waals surface area contributed by atoms with E-state index in [0.29, 0.717) is 0 Å². The lowest BCUT2D eigenvalue weighted by molar-refractivity contribution is 0.0687. The van der Waals surface area contributed by atoms with Crippen LogP contribution in [0.2, 0.25) is 0 Å². The average molecular weight is 294 g/mol. The van der Waals surface area contributed by atoms with Crippen LogP contribution in [0, 0.1) is 12.7 Å². The van der Waals surface area contributed by atoms with E-state index in [1.54, 1.807) is 19.1 Å². The number of Topliss-reactive ketones (excluding diaryl/α,β-unsaturated/α-hetero) is 1. The molecule has 0 radical (unpaired) electrons. The van der Waals surface area contributed by atoms with Gasteiger partial charge in [0.15, 0.2) is 16.6 Å². The number of anilines is 2. The van der Waals surface area contributed by atoms with E-state index in [2.05, 4.69) is 10.3 Å². The lowest BCUT2D eigenvalue weighted by Crippen LogP contribution is -2.03. The summed E-state index contributed by atoms with van der Waals surface area (Å²) in [5, 5.41) is 11.8. The normalized spacial score (nSPS) is 10.3. The van der Waals surface area contributed by atoms with Gasteiger partial charge in [-0.15, -0.1) is 0 Å². The van der Waals surface area contributed by atoms with E-state index in [4.69, 9.17) is 5.11 Å². The van der Waals surface area contributed by atoms with Crippen molar-refractivity contribution in [2.45, 2.75) is 13.8 Å². The molecule has 0 bridgehead atoms. The number of carbonyl (C=O) groups is 2. The Morgan fingerprint density at radius 3 is 2.65 bits per heavy atom. The van der Waals surface area contributed by atoms with E-state index in [0.717, 1.165) is 16.9 Å². The van der Waals surface area contributed by atoms with Crippen LogP contribution < -0.4 is 5.32 Å². The summed E-state index contributed by atoms with van der Waals surface area (Å²) in [5.74, 6) is -2.16. The van der Waals surface area contributed by atoms with Gasteiger partial charge in [-0.1, -0.05) is 17.4 Å². The van der Waals surface area contributed by atoms with Crippen molar-refractivity contribution in [1.29, 1.82) is 0 Å². The smallest absolute Gasteiger partial charge is 0.356 e. The first kappa shape index (κ1) is 14.1. The first-order chi connectivity index (χ1) is 9.38. The van der Waals surface area contributed by atoms with Crippen molar-refractivity contribution < 1.29 is 19.1 Å². The van der Waals surface area contributed by atoms with Gasteiger partial charge in [0.1, 0.15) is 10.7 Å². The van der Waals surface area contributed by atoms with Crippen molar-refractivity contribution >= 4 is 33.9 Å². The zero-order valence-corrected chi connectivity index (χ0v) is 11.5. The molecular weight excluding hydrogens is 283 g/mol. The van der Waals surface area contributed by atoms with Gasteiger partial charge in [-0.2, -0.15) is 0 Å². The Hall–Kier alpha value is -2.28. The molecule has 5 nitrogen and oxygen atoms in total. The fraction of sp³-hybridized carbons (Fsp3) is 0.154. The highest BCUT2D eigenvalue weighted by atomic mass is 32.1. The number of carbonyl (C=O) groups excluding carboxylic acids is 1. The number of aromatic carboxylic acids is 1. The van der Waals surface area contributed by atoms with Gasteiger partial charge in [0.25, 0.3) is 0 Å². The fourth-order valence-corrected chi connectivity index (χ4v) is 2.47. The highest BCUT2D eigenvalue weighted by Gasteiger charge is 2.21. The Kier molecular flexibility index (Phi) is 3.80. The molecule has 0 amide bonds. The number of carboxylic acids is 1. The SMILES string of the molecule is CC(=O)c1sc(Nc2cc(C)ccc2F)nc1C(=O)O. The number of nitrogens with zero attached hydrogens (tertiary/aromatic N) is 1. The predicted molar refractivity (Wildman–Crippen MR) is 73.5 cm³/mol. The Labute approximate surface area is 118 Å². The topological polar surface area (TPSA) is 79.3 Å². The van der Waals surface area contributed by atoms with E-state index in [-0.39, 0.29) is 21.4 Å². The molecule has 0 saturated heterocycles. The molecule has 2 aromatic rings. The Morgan fingerprint density at radius 1 is 1.40 bits per heavy atom. The van der Waals surface area contributed by atoms with E-state index >= 15 is 0 Å². The van der Waals surface area contributed by atoms with Crippen LogP contribution in [-0.2, 0) is 0 Å². The summed E-state index contributed by atoms with van der Waals surface area (Å²) in [6.07, 6.45) is 0. The molecule has 0 spiro atoms. The molecule has 0 aliphatic rings. The number of aryl methyl sites for hydroxylation is 1. The summed E-state index contributed by atoms with van der Waals surface area (Å²) in [6, 6.07) is 4.49. The number of thiazole rings is 1. The zero-order valence-electron chi connectivity index (χ0n) is 10.7. The molecule has 0 saturated carbocycles. The molecule has 2 rings (SSSR count). The van der Waals surface area contributed by atoms with Crippen LogP contribution in [0.1, 0.15) is 32.6 Å². The second kappa shape index (κ2) is 5.38. The van der Waals surface area contributed by atoms with Gasteiger partial charge in [0.2, 0.25) is 0 Å². The van der Waals surface area contributed by atoms with E-state index in [1.807, 2.05) is 0 Å². The van der Waals surface area contributed by atoms with Crippen molar-refractivity contribution in [2.75, 3.05) is 5.32 Å². The molecule has 0 unspecified atom stereocenters. The number of nitrogens with one attached hydrogen (secondary N) is 1. The number of rotatable bonds is 4. The van der Waals surface area contributed by atoms with Gasteiger partial charge in [-0.3, -0.25) is 4.79 Å². The number of hydrogen-bond acceptors (Lipinski definition) is 5. The van der Waals surface area contributed by atoms with Gasteiger partial charge in [0.05, 0.1) is 5.69 Å².